The van der Waals surface area contributed by atoms with Crippen LogP contribution in [0.4, 0.5) is 5.69 Å². The molecule has 0 atom stereocenters. The van der Waals surface area contributed by atoms with Gasteiger partial charge < -0.3 is 15.2 Å². The van der Waals surface area contributed by atoms with Crippen LogP contribution < -0.4 is 10.2 Å². The van der Waals surface area contributed by atoms with Gasteiger partial charge in [0.05, 0.1) is 5.69 Å². The van der Waals surface area contributed by atoms with E-state index in [1.165, 1.54) is 16.6 Å². The van der Waals surface area contributed by atoms with E-state index in [1.807, 2.05) is 0 Å². The highest BCUT2D eigenvalue weighted by Crippen LogP contribution is 2.26. The Morgan fingerprint density at radius 1 is 1.31 bits per heavy atom. The smallest absolute Gasteiger partial charge is 0.0621 e. The number of nitrogens with one attached hydrogen (secondary N) is 2. The lowest BCUT2D eigenvalue weighted by Crippen LogP contribution is -2.47. The maximum Gasteiger partial charge on any atom is 0.0621 e. The highest BCUT2D eigenvalue weighted by Gasteiger charge is 2.19. The molecule has 0 radical (unpaired) electrons. The van der Waals surface area contributed by atoms with Crippen LogP contribution in [0.5, 0.6) is 0 Å². The van der Waals surface area contributed by atoms with Crippen molar-refractivity contribution in [1.82, 2.24) is 10.3 Å². The number of hydrogen-bond donors (Lipinski definition) is 2. The number of H-pyrrole nitrogens is 1. The quantitative estimate of drug-likeness (QED) is 0.818. The first-order chi connectivity index (χ1) is 7.84. The molecule has 0 amide bonds. The molecule has 2 aromatic rings. The molecule has 0 bridgehead atoms. The fourth-order valence-corrected chi connectivity index (χ4v) is 2.34. The van der Waals surface area contributed by atoms with Crippen LogP contribution in [0.25, 0.3) is 10.9 Å². The van der Waals surface area contributed by atoms with E-state index in [0.29, 0.717) is 0 Å². The van der Waals surface area contributed by atoms with E-state index < -0.39 is 0 Å². The Kier molecular flexibility index (Phi) is 2.33. The highest BCUT2D eigenvalue weighted by atomic mass is 15.1. The van der Waals surface area contributed by atoms with Crippen molar-refractivity contribution in [2.75, 3.05) is 31.6 Å². The van der Waals surface area contributed by atoms with Crippen molar-refractivity contribution >= 4 is 16.6 Å². The molecular formula is C13H17N3. The van der Waals surface area contributed by atoms with Crippen LogP contribution in [0.3, 0.4) is 0 Å². The van der Waals surface area contributed by atoms with Crippen molar-refractivity contribution in [3.8, 4) is 0 Å². The Labute approximate surface area is 95.5 Å². The van der Waals surface area contributed by atoms with Gasteiger partial charge >= 0.3 is 0 Å². The van der Waals surface area contributed by atoms with Gasteiger partial charge in [0, 0.05) is 49.7 Å². The molecule has 1 fully saturated rings. The summed E-state index contributed by atoms with van der Waals surface area (Å²) < 4.78 is 0. The Balaban J connectivity index is 1.86. The van der Waals surface area contributed by atoms with Crippen LogP contribution in [0.15, 0.2) is 30.5 Å². The van der Waals surface area contributed by atoms with Gasteiger partial charge in [-0.25, -0.2) is 0 Å². The molecule has 1 saturated heterocycles. The molecule has 0 unspecified atom stereocenters. The molecule has 2 heterocycles. The van der Waals surface area contributed by atoms with E-state index in [4.69, 9.17) is 0 Å². The van der Waals surface area contributed by atoms with Gasteiger partial charge in [-0.2, -0.15) is 0 Å². The van der Waals surface area contributed by atoms with Gasteiger partial charge in [-0.1, -0.05) is 18.2 Å². The molecule has 2 N–H and O–H groups in total. The number of aromatic amines is 1. The first kappa shape index (κ1) is 9.73. The third-order valence-corrected chi connectivity index (χ3v) is 3.38. The molecule has 16 heavy (non-hydrogen) atoms. The van der Waals surface area contributed by atoms with Crippen molar-refractivity contribution in [2.24, 2.45) is 5.92 Å². The molecule has 3 nitrogen and oxygen atoms in total. The number of nitrogens with zero attached hydrogens (tertiary/aromatic N) is 1. The van der Waals surface area contributed by atoms with Crippen LogP contribution in [0.2, 0.25) is 0 Å². The first-order valence-corrected chi connectivity index (χ1v) is 5.82. The number of benzene rings is 1. The zero-order chi connectivity index (χ0) is 11.0. The summed E-state index contributed by atoms with van der Waals surface area (Å²) >= 11 is 0. The second kappa shape index (κ2) is 3.83. The largest absolute Gasteiger partial charge is 0.372 e. The standard InChI is InChI=1S/C13H17N3/c1-16(9-10-6-14-7-10)13-8-15-12-5-3-2-4-11(12)13/h2-5,8,10,14-15H,6-7,9H2,1H3. The topological polar surface area (TPSA) is 31.1 Å². The number of anilines is 1. The monoisotopic (exact) mass is 215 g/mol. The Morgan fingerprint density at radius 2 is 2.12 bits per heavy atom. The summed E-state index contributed by atoms with van der Waals surface area (Å²) in [4.78, 5) is 5.67. The molecule has 84 valence electrons. The summed E-state index contributed by atoms with van der Waals surface area (Å²) in [6, 6.07) is 8.46. The average molecular weight is 215 g/mol. The SMILES string of the molecule is CN(CC1CNC1)c1c[nH]c2ccccc12. The summed E-state index contributed by atoms with van der Waals surface area (Å²) in [6.07, 6.45) is 2.11. The van der Waals surface area contributed by atoms with E-state index in [2.05, 4.69) is 52.7 Å². The van der Waals surface area contributed by atoms with E-state index in [0.717, 1.165) is 25.6 Å². The van der Waals surface area contributed by atoms with E-state index in [-0.39, 0.29) is 0 Å². The molecule has 0 spiro atoms. The molecule has 1 aliphatic rings. The zero-order valence-electron chi connectivity index (χ0n) is 9.53. The summed E-state index contributed by atoms with van der Waals surface area (Å²) in [5.74, 6) is 0.804. The predicted octanol–water partition coefficient (Wildman–Crippen LogP) is 1.82. The average Bonchev–Trinajstić information content (AvgIpc) is 2.67. The predicted molar refractivity (Wildman–Crippen MR) is 67.9 cm³/mol. The lowest BCUT2D eigenvalue weighted by atomic mass is 10.0. The van der Waals surface area contributed by atoms with Crippen molar-refractivity contribution in [2.45, 2.75) is 0 Å². The Morgan fingerprint density at radius 3 is 2.88 bits per heavy atom. The molecule has 3 rings (SSSR count). The second-order valence-corrected chi connectivity index (χ2v) is 4.62. The van der Waals surface area contributed by atoms with E-state index in [9.17, 15) is 0 Å². The van der Waals surface area contributed by atoms with Crippen LogP contribution >= 0.6 is 0 Å². The van der Waals surface area contributed by atoms with E-state index >= 15 is 0 Å². The van der Waals surface area contributed by atoms with Crippen molar-refractivity contribution in [1.29, 1.82) is 0 Å². The number of fused-ring (bicyclic) bond motifs is 1. The highest BCUT2D eigenvalue weighted by molar-refractivity contribution is 5.92. The summed E-state index contributed by atoms with van der Waals surface area (Å²) in [5.41, 5.74) is 2.53. The van der Waals surface area contributed by atoms with Crippen LogP contribution in [-0.4, -0.2) is 31.7 Å². The van der Waals surface area contributed by atoms with Crippen LogP contribution in [-0.2, 0) is 0 Å². The Hall–Kier alpha value is -1.48. The molecule has 1 aromatic carbocycles. The third-order valence-electron chi connectivity index (χ3n) is 3.38. The van der Waals surface area contributed by atoms with Crippen LogP contribution in [0, 0.1) is 5.92 Å². The zero-order valence-corrected chi connectivity index (χ0v) is 9.53. The molecule has 0 aliphatic carbocycles. The number of hydrogen-bond acceptors (Lipinski definition) is 2. The number of rotatable bonds is 3. The van der Waals surface area contributed by atoms with Gasteiger partial charge in [0.2, 0.25) is 0 Å². The summed E-state index contributed by atoms with van der Waals surface area (Å²) in [5, 5.41) is 4.63. The van der Waals surface area contributed by atoms with Crippen molar-refractivity contribution in [3.63, 3.8) is 0 Å². The van der Waals surface area contributed by atoms with Gasteiger partial charge in [0.1, 0.15) is 0 Å². The molecule has 0 saturated carbocycles. The van der Waals surface area contributed by atoms with Gasteiger partial charge in [-0.05, 0) is 6.07 Å². The van der Waals surface area contributed by atoms with Crippen LogP contribution in [0.1, 0.15) is 0 Å². The van der Waals surface area contributed by atoms with Gasteiger partial charge in [-0.3, -0.25) is 0 Å². The Bertz CT molecular complexity index is 485. The molecule has 1 aliphatic heterocycles. The van der Waals surface area contributed by atoms with Gasteiger partial charge in [0.15, 0.2) is 0 Å². The second-order valence-electron chi connectivity index (χ2n) is 4.62. The number of aromatic nitrogens is 1. The third kappa shape index (κ3) is 1.57. The molecule has 3 heteroatoms. The fourth-order valence-electron chi connectivity index (χ4n) is 2.34. The van der Waals surface area contributed by atoms with Gasteiger partial charge in [0.25, 0.3) is 0 Å². The minimum Gasteiger partial charge on any atom is -0.372 e. The minimum absolute atomic E-state index is 0.804. The molecule has 1 aromatic heterocycles. The van der Waals surface area contributed by atoms with Crippen molar-refractivity contribution in [3.05, 3.63) is 30.5 Å². The molecular weight excluding hydrogens is 198 g/mol. The van der Waals surface area contributed by atoms with Gasteiger partial charge in [-0.15, -0.1) is 0 Å². The van der Waals surface area contributed by atoms with Crippen molar-refractivity contribution < 1.29 is 0 Å². The fraction of sp³-hybridized carbons (Fsp3) is 0.385. The number of para-hydroxylation sites is 1. The first-order valence-electron chi connectivity index (χ1n) is 5.82. The minimum atomic E-state index is 0.804. The lowest BCUT2D eigenvalue weighted by molar-refractivity contribution is 0.353. The maximum absolute atomic E-state index is 3.32. The summed E-state index contributed by atoms with van der Waals surface area (Å²) in [6.45, 7) is 3.45. The maximum atomic E-state index is 3.32. The summed E-state index contributed by atoms with van der Waals surface area (Å²) in [7, 11) is 2.17. The lowest BCUT2D eigenvalue weighted by Gasteiger charge is -2.32. The van der Waals surface area contributed by atoms with E-state index in [1.54, 1.807) is 0 Å². The normalized spacial score (nSPS) is 16.3.